The summed E-state index contributed by atoms with van der Waals surface area (Å²) in [5.41, 5.74) is -0.239. The Morgan fingerprint density at radius 3 is 2.06 bits per heavy atom. The van der Waals surface area contributed by atoms with Crippen LogP contribution in [0.3, 0.4) is 0 Å². The molecule has 3 rings (SSSR count). The van der Waals surface area contributed by atoms with Gasteiger partial charge < -0.3 is 29.6 Å². The average Bonchev–Trinajstić information content (AvgIpc) is 2.70. The second kappa shape index (κ2) is 9.45. The van der Waals surface area contributed by atoms with Gasteiger partial charge in [-0.15, -0.1) is 0 Å². The van der Waals surface area contributed by atoms with Crippen molar-refractivity contribution < 1.29 is 39.2 Å². The van der Waals surface area contributed by atoms with Crippen molar-refractivity contribution in [2.75, 3.05) is 0 Å². The number of Topliss-reactive ketones (excluding diaryl/α,β-unsaturated/α-hetero) is 1. The molecular formula is C27H40O8. The molecule has 3 aliphatic rings. The van der Waals surface area contributed by atoms with Crippen LogP contribution in [0.1, 0.15) is 67.7 Å². The molecule has 3 N–H and O–H groups in total. The molecule has 0 saturated heterocycles. The summed E-state index contributed by atoms with van der Waals surface area (Å²) in [6, 6.07) is 0. The van der Waals surface area contributed by atoms with Crippen molar-refractivity contribution in [1.82, 2.24) is 0 Å². The number of carbonyl (C=O) groups excluding carboxylic acids is 3. The minimum absolute atomic E-state index is 0.0866. The predicted molar refractivity (Wildman–Crippen MR) is 128 cm³/mol. The number of aliphatic hydroxyl groups excluding tert-OH is 3. The van der Waals surface area contributed by atoms with Crippen LogP contribution in [0.2, 0.25) is 0 Å². The van der Waals surface area contributed by atoms with E-state index >= 15 is 0 Å². The van der Waals surface area contributed by atoms with Crippen LogP contribution in [0.4, 0.5) is 0 Å². The molecule has 0 spiro atoms. The summed E-state index contributed by atoms with van der Waals surface area (Å²) in [7, 11) is 0. The average molecular weight is 493 g/mol. The van der Waals surface area contributed by atoms with Gasteiger partial charge in [-0.2, -0.15) is 0 Å². The van der Waals surface area contributed by atoms with Crippen LogP contribution in [-0.4, -0.2) is 63.6 Å². The van der Waals surface area contributed by atoms with E-state index in [0.717, 1.165) is 0 Å². The highest BCUT2D eigenvalue weighted by atomic mass is 16.6. The van der Waals surface area contributed by atoms with E-state index < -0.39 is 71.0 Å². The van der Waals surface area contributed by atoms with E-state index in [9.17, 15) is 29.7 Å². The summed E-state index contributed by atoms with van der Waals surface area (Å²) in [5.74, 6) is -3.05. The minimum atomic E-state index is -1.10. The molecule has 0 aromatic rings. The number of esters is 2. The van der Waals surface area contributed by atoms with Crippen molar-refractivity contribution in [3.63, 3.8) is 0 Å². The molecule has 0 aliphatic heterocycles. The number of carbonyl (C=O) groups is 3. The molecule has 9 atom stereocenters. The van der Waals surface area contributed by atoms with Crippen molar-refractivity contribution >= 4 is 17.7 Å². The summed E-state index contributed by atoms with van der Waals surface area (Å²) < 4.78 is 11.8. The lowest BCUT2D eigenvalue weighted by atomic mass is 9.46. The largest absolute Gasteiger partial charge is 0.458 e. The van der Waals surface area contributed by atoms with Crippen molar-refractivity contribution in [2.45, 2.75) is 98.2 Å². The van der Waals surface area contributed by atoms with E-state index in [2.05, 4.69) is 6.58 Å². The molecule has 35 heavy (non-hydrogen) atoms. The van der Waals surface area contributed by atoms with Gasteiger partial charge in [-0.05, 0) is 60.7 Å². The number of aliphatic hydroxyl groups is 3. The zero-order valence-corrected chi connectivity index (χ0v) is 21.8. The second-order valence-electron chi connectivity index (χ2n) is 11.5. The second-order valence-corrected chi connectivity index (χ2v) is 11.5. The van der Waals surface area contributed by atoms with E-state index in [0.29, 0.717) is 16.7 Å². The maximum absolute atomic E-state index is 12.5. The van der Waals surface area contributed by atoms with Crippen LogP contribution in [-0.2, 0) is 23.9 Å². The Morgan fingerprint density at radius 1 is 0.971 bits per heavy atom. The first kappa shape index (κ1) is 27.6. The van der Waals surface area contributed by atoms with Gasteiger partial charge in [0.25, 0.3) is 0 Å². The minimum Gasteiger partial charge on any atom is -0.458 e. The molecule has 196 valence electrons. The Labute approximate surface area is 207 Å². The molecule has 9 unspecified atom stereocenters. The molecule has 0 radical (unpaired) electrons. The third-order valence-electron chi connectivity index (χ3n) is 8.95. The van der Waals surface area contributed by atoms with Crippen molar-refractivity contribution in [3.8, 4) is 0 Å². The molecule has 0 heterocycles. The lowest BCUT2D eigenvalue weighted by molar-refractivity contribution is -0.207. The molecule has 3 aliphatic carbocycles. The Morgan fingerprint density at radius 2 is 1.54 bits per heavy atom. The van der Waals surface area contributed by atoms with Gasteiger partial charge in [0.05, 0.1) is 18.3 Å². The fraction of sp³-hybridized carbons (Fsp3) is 0.741. The Bertz CT molecular complexity index is 949. The van der Waals surface area contributed by atoms with E-state index in [4.69, 9.17) is 9.47 Å². The third-order valence-corrected chi connectivity index (χ3v) is 8.95. The summed E-state index contributed by atoms with van der Waals surface area (Å²) in [6.07, 6.45) is -4.53. The van der Waals surface area contributed by atoms with E-state index in [1.165, 1.54) is 20.8 Å². The predicted octanol–water partition coefficient (Wildman–Crippen LogP) is 2.49. The number of ether oxygens (including phenoxy) is 2. The highest BCUT2D eigenvalue weighted by Gasteiger charge is 2.65. The van der Waals surface area contributed by atoms with Gasteiger partial charge in [-0.25, -0.2) is 0 Å². The highest BCUT2D eigenvalue weighted by Crippen LogP contribution is 2.62. The van der Waals surface area contributed by atoms with Gasteiger partial charge >= 0.3 is 11.9 Å². The maximum Gasteiger partial charge on any atom is 0.303 e. The quantitative estimate of drug-likeness (QED) is 0.403. The zero-order valence-electron chi connectivity index (χ0n) is 21.8. The van der Waals surface area contributed by atoms with Crippen LogP contribution in [0.5, 0.6) is 0 Å². The fourth-order valence-electron chi connectivity index (χ4n) is 7.32. The number of hydrogen-bond donors (Lipinski definition) is 3. The molecule has 2 bridgehead atoms. The van der Waals surface area contributed by atoms with Gasteiger partial charge in [0.1, 0.15) is 11.9 Å². The van der Waals surface area contributed by atoms with Crippen molar-refractivity contribution in [2.24, 2.45) is 28.6 Å². The third kappa shape index (κ3) is 4.49. The van der Waals surface area contributed by atoms with Crippen LogP contribution >= 0.6 is 0 Å². The topological polar surface area (TPSA) is 130 Å². The van der Waals surface area contributed by atoms with Gasteiger partial charge in [-0.1, -0.05) is 27.4 Å². The standard InChI is InChI=1S/C27H40O8/c1-12(28)9-17-10-19(31)13(2)21-23(33)18-11-20(32)14(3)22(26(18,6)7)24(34-15(4)29)25(27(17,21)8)35-16(5)30/h17-21,23-25,31-33H,2,9-11H2,1,3-8H3. The van der Waals surface area contributed by atoms with Gasteiger partial charge in [-0.3, -0.25) is 9.59 Å². The highest BCUT2D eigenvalue weighted by molar-refractivity contribution is 5.76. The molecule has 0 aromatic carbocycles. The number of ketones is 1. The Balaban J connectivity index is 2.42. The van der Waals surface area contributed by atoms with Crippen LogP contribution < -0.4 is 0 Å². The number of fused-ring (bicyclic) bond motifs is 3. The molecular weight excluding hydrogens is 452 g/mol. The first-order valence-electron chi connectivity index (χ1n) is 12.3. The van der Waals surface area contributed by atoms with E-state index in [1.807, 2.05) is 20.8 Å². The molecule has 0 aromatic heterocycles. The molecule has 8 heteroatoms. The van der Waals surface area contributed by atoms with Crippen LogP contribution in [0.15, 0.2) is 23.3 Å². The normalized spacial score (nSPS) is 40.8. The molecule has 8 nitrogen and oxygen atoms in total. The number of hydrogen-bond acceptors (Lipinski definition) is 8. The number of rotatable bonds is 4. The van der Waals surface area contributed by atoms with E-state index in [1.54, 1.807) is 6.92 Å². The maximum atomic E-state index is 12.5. The molecule has 0 amide bonds. The van der Waals surface area contributed by atoms with Gasteiger partial charge in [0.2, 0.25) is 0 Å². The fourth-order valence-corrected chi connectivity index (χ4v) is 7.32. The van der Waals surface area contributed by atoms with Crippen LogP contribution in [0, 0.1) is 28.6 Å². The summed E-state index contributed by atoms with van der Waals surface area (Å²) in [5, 5.41) is 33.9. The van der Waals surface area contributed by atoms with Crippen LogP contribution in [0.25, 0.3) is 0 Å². The monoisotopic (exact) mass is 492 g/mol. The first-order valence-corrected chi connectivity index (χ1v) is 12.3. The van der Waals surface area contributed by atoms with E-state index in [-0.39, 0.29) is 25.0 Å². The Hall–Kier alpha value is -2.03. The summed E-state index contributed by atoms with van der Waals surface area (Å²) >= 11 is 0. The lowest BCUT2D eigenvalue weighted by Gasteiger charge is -2.61. The molecule has 2 saturated carbocycles. The zero-order chi connectivity index (χ0) is 26.6. The van der Waals surface area contributed by atoms with Gasteiger partial charge in [0.15, 0.2) is 6.10 Å². The van der Waals surface area contributed by atoms with Gasteiger partial charge in [0, 0.05) is 31.6 Å². The smallest absolute Gasteiger partial charge is 0.303 e. The summed E-state index contributed by atoms with van der Waals surface area (Å²) in [6.45, 7) is 15.6. The molecule has 2 fully saturated rings. The SMILES string of the molecule is C=C1C(O)CC(CC(C)=O)C2(C)C(OC(C)=O)C(OC(C)=O)C3=C(C)C(O)CC(C(O)C12)C3(C)C. The lowest BCUT2D eigenvalue weighted by Crippen LogP contribution is -2.66. The van der Waals surface area contributed by atoms with Crippen molar-refractivity contribution in [3.05, 3.63) is 23.3 Å². The first-order chi connectivity index (χ1) is 16.0. The summed E-state index contributed by atoms with van der Waals surface area (Å²) in [4.78, 5) is 37.2. The van der Waals surface area contributed by atoms with Crippen molar-refractivity contribution in [1.29, 1.82) is 0 Å². The Kier molecular flexibility index (Phi) is 7.44.